The van der Waals surface area contributed by atoms with Gasteiger partial charge in [0.25, 0.3) is 0 Å². The van der Waals surface area contributed by atoms with Gasteiger partial charge in [-0.3, -0.25) is 9.59 Å². The van der Waals surface area contributed by atoms with Gasteiger partial charge in [0.05, 0.1) is 6.61 Å². The van der Waals surface area contributed by atoms with Crippen LogP contribution in [-0.2, 0) is 6.61 Å². The largest absolute Gasteiger partial charge is 0.494 e. The summed E-state index contributed by atoms with van der Waals surface area (Å²) in [5.74, 6) is 1.37. The predicted octanol–water partition coefficient (Wildman–Crippen LogP) is 11.1. The monoisotopic (exact) mass is 658 g/mol. The Balaban J connectivity index is 1.12. The Labute approximate surface area is 285 Å². The molecule has 5 aromatic rings. The lowest BCUT2D eigenvalue weighted by molar-refractivity contribution is 0.0974. The quantitative estimate of drug-likeness (QED) is 0.102. The molecule has 0 aliphatic heterocycles. The maximum Gasteiger partial charge on any atom is 0.195 e. The van der Waals surface area contributed by atoms with Crippen molar-refractivity contribution in [2.45, 2.75) is 71.6 Å². The second-order valence-electron chi connectivity index (χ2n) is 11.6. The van der Waals surface area contributed by atoms with Gasteiger partial charge in [0.2, 0.25) is 0 Å². The van der Waals surface area contributed by atoms with E-state index in [1.165, 1.54) is 55.6 Å². The number of ether oxygens (including phenoxy) is 2. The van der Waals surface area contributed by atoms with Crippen LogP contribution in [0.3, 0.4) is 0 Å². The van der Waals surface area contributed by atoms with E-state index in [1.54, 1.807) is 12.1 Å². The SMILES string of the molecule is CCCCCCCCOc1ccc(Sc2cccc3c2C(=O)c2cccc(Sc4ccc(OCc5ccccc5)cc4)c2C3=O)cc1. The maximum atomic E-state index is 14.0. The van der Waals surface area contributed by atoms with E-state index in [2.05, 4.69) is 6.92 Å². The molecule has 0 amide bonds. The molecule has 1 aliphatic rings. The molecule has 0 heterocycles. The zero-order valence-electron chi connectivity index (χ0n) is 26.6. The van der Waals surface area contributed by atoms with Crippen LogP contribution in [0.15, 0.2) is 135 Å². The van der Waals surface area contributed by atoms with E-state index in [0.29, 0.717) is 28.9 Å². The average Bonchev–Trinajstić information content (AvgIpc) is 3.11. The number of ketones is 2. The van der Waals surface area contributed by atoms with E-state index in [4.69, 9.17) is 9.47 Å². The lowest BCUT2D eigenvalue weighted by Gasteiger charge is -2.22. The zero-order chi connectivity index (χ0) is 32.4. The first-order valence-electron chi connectivity index (χ1n) is 16.3. The summed E-state index contributed by atoms with van der Waals surface area (Å²) in [4.78, 5) is 31.4. The average molecular weight is 659 g/mol. The molecule has 0 spiro atoms. The Morgan fingerprint density at radius 3 is 1.57 bits per heavy atom. The number of hydrogen-bond donors (Lipinski definition) is 0. The summed E-state index contributed by atoms with van der Waals surface area (Å²) in [5.41, 5.74) is 2.94. The van der Waals surface area contributed by atoms with Crippen LogP contribution >= 0.6 is 23.5 Å². The highest BCUT2D eigenvalue weighted by molar-refractivity contribution is 7.99. The third-order valence-corrected chi connectivity index (χ3v) is 10.2. The molecule has 4 nitrogen and oxygen atoms in total. The molecule has 6 rings (SSSR count). The Bertz CT molecular complexity index is 1820. The Morgan fingerprint density at radius 1 is 0.511 bits per heavy atom. The lowest BCUT2D eigenvalue weighted by atomic mass is 9.84. The van der Waals surface area contributed by atoms with E-state index in [0.717, 1.165) is 49.7 Å². The van der Waals surface area contributed by atoms with Crippen LogP contribution in [-0.4, -0.2) is 18.2 Å². The van der Waals surface area contributed by atoms with Gasteiger partial charge >= 0.3 is 0 Å². The second-order valence-corrected chi connectivity index (χ2v) is 13.8. The third-order valence-electron chi connectivity index (χ3n) is 8.11. The van der Waals surface area contributed by atoms with Crippen molar-refractivity contribution in [2.75, 3.05) is 6.61 Å². The van der Waals surface area contributed by atoms with E-state index < -0.39 is 0 Å². The number of carbonyl (C=O) groups excluding carboxylic acids is 2. The minimum atomic E-state index is -0.124. The van der Waals surface area contributed by atoms with Crippen LogP contribution < -0.4 is 9.47 Å². The fourth-order valence-corrected chi connectivity index (χ4v) is 7.58. The van der Waals surface area contributed by atoms with Crippen molar-refractivity contribution >= 4 is 35.1 Å². The van der Waals surface area contributed by atoms with Crippen LogP contribution in [0.2, 0.25) is 0 Å². The standard InChI is InChI=1S/C41H38O4S2/c1-2-3-4-5-6-10-27-44-30-19-23-32(24-20-30)46-36-17-11-15-34-38(36)40(42)35-16-12-18-37(39(35)41(34)43)47-33-25-21-31(22-26-33)45-28-29-13-8-7-9-14-29/h7-9,11-26H,2-6,10,27-28H2,1H3. The van der Waals surface area contributed by atoms with E-state index in [1.807, 2.05) is 103 Å². The van der Waals surface area contributed by atoms with E-state index in [-0.39, 0.29) is 11.6 Å². The minimum absolute atomic E-state index is 0.122. The van der Waals surface area contributed by atoms with Crippen molar-refractivity contribution in [1.29, 1.82) is 0 Å². The molecule has 0 N–H and O–H groups in total. The molecule has 0 bridgehead atoms. The number of unbranched alkanes of at least 4 members (excludes halogenated alkanes) is 5. The van der Waals surface area contributed by atoms with Gasteiger partial charge in [-0.25, -0.2) is 0 Å². The van der Waals surface area contributed by atoms with Crippen molar-refractivity contribution < 1.29 is 19.1 Å². The molecule has 0 saturated carbocycles. The van der Waals surface area contributed by atoms with Crippen LogP contribution in [0.25, 0.3) is 0 Å². The molecule has 238 valence electrons. The normalized spacial score (nSPS) is 12.0. The fraction of sp³-hybridized carbons (Fsp3) is 0.220. The Morgan fingerprint density at radius 2 is 1.02 bits per heavy atom. The molecule has 0 unspecified atom stereocenters. The molecular formula is C41H38O4S2. The van der Waals surface area contributed by atoms with Gasteiger partial charge in [-0.1, -0.05) is 117 Å². The first-order valence-corrected chi connectivity index (χ1v) is 17.9. The summed E-state index contributed by atoms with van der Waals surface area (Å²) in [7, 11) is 0. The summed E-state index contributed by atoms with van der Waals surface area (Å²) in [5, 5.41) is 0. The first-order chi connectivity index (χ1) is 23.1. The van der Waals surface area contributed by atoms with Gasteiger partial charge in [0.15, 0.2) is 11.6 Å². The van der Waals surface area contributed by atoms with Crippen molar-refractivity contribution in [3.63, 3.8) is 0 Å². The second kappa shape index (κ2) is 16.0. The van der Waals surface area contributed by atoms with Gasteiger partial charge in [-0.2, -0.15) is 0 Å². The van der Waals surface area contributed by atoms with Gasteiger partial charge in [-0.15, -0.1) is 0 Å². The number of fused-ring (bicyclic) bond motifs is 2. The highest BCUT2D eigenvalue weighted by atomic mass is 32.2. The molecule has 47 heavy (non-hydrogen) atoms. The molecular weight excluding hydrogens is 621 g/mol. The summed E-state index contributed by atoms with van der Waals surface area (Å²) in [6, 6.07) is 36.9. The molecule has 0 saturated heterocycles. The fourth-order valence-electron chi connectivity index (χ4n) is 5.62. The molecule has 6 heteroatoms. The van der Waals surface area contributed by atoms with Gasteiger partial charge in [0.1, 0.15) is 18.1 Å². The smallest absolute Gasteiger partial charge is 0.195 e. The highest BCUT2D eigenvalue weighted by Gasteiger charge is 2.33. The van der Waals surface area contributed by atoms with Crippen LogP contribution in [0.1, 0.15) is 82.9 Å². The lowest BCUT2D eigenvalue weighted by Crippen LogP contribution is -2.22. The van der Waals surface area contributed by atoms with E-state index >= 15 is 0 Å². The molecule has 1 aliphatic carbocycles. The van der Waals surface area contributed by atoms with Gasteiger partial charge in [0, 0.05) is 41.8 Å². The van der Waals surface area contributed by atoms with Crippen molar-refractivity contribution in [2.24, 2.45) is 0 Å². The predicted molar refractivity (Wildman–Crippen MR) is 191 cm³/mol. The molecule has 5 aromatic carbocycles. The minimum Gasteiger partial charge on any atom is -0.494 e. The molecule has 0 aromatic heterocycles. The summed E-state index contributed by atoms with van der Waals surface area (Å²) >= 11 is 2.98. The first kappa shape index (κ1) is 32.7. The van der Waals surface area contributed by atoms with Gasteiger partial charge in [-0.05, 0) is 72.6 Å². The van der Waals surface area contributed by atoms with Gasteiger partial charge < -0.3 is 9.47 Å². The summed E-state index contributed by atoms with van der Waals surface area (Å²) in [6.07, 6.45) is 7.38. The Hall–Kier alpha value is -4.26. The van der Waals surface area contributed by atoms with Crippen molar-refractivity contribution in [1.82, 2.24) is 0 Å². The molecule has 0 atom stereocenters. The van der Waals surface area contributed by atoms with Crippen LogP contribution in [0, 0.1) is 0 Å². The number of rotatable bonds is 15. The molecule has 0 radical (unpaired) electrons. The van der Waals surface area contributed by atoms with Crippen molar-refractivity contribution in [3.8, 4) is 11.5 Å². The highest BCUT2D eigenvalue weighted by Crippen LogP contribution is 2.41. The summed E-state index contributed by atoms with van der Waals surface area (Å²) < 4.78 is 11.9. The number of hydrogen-bond acceptors (Lipinski definition) is 6. The zero-order valence-corrected chi connectivity index (χ0v) is 28.2. The van der Waals surface area contributed by atoms with E-state index in [9.17, 15) is 9.59 Å². The maximum absolute atomic E-state index is 14.0. The topological polar surface area (TPSA) is 52.6 Å². The number of benzene rings is 5. The van der Waals surface area contributed by atoms with Crippen molar-refractivity contribution in [3.05, 3.63) is 143 Å². The van der Waals surface area contributed by atoms with Crippen LogP contribution in [0.4, 0.5) is 0 Å². The number of carbonyl (C=O) groups is 2. The Kier molecular flexibility index (Phi) is 11.1. The van der Waals surface area contributed by atoms with Crippen LogP contribution in [0.5, 0.6) is 11.5 Å². The summed E-state index contributed by atoms with van der Waals surface area (Å²) in [6.45, 7) is 3.44. The molecule has 0 fully saturated rings. The third kappa shape index (κ3) is 8.19.